The molecule has 1 heterocycles. The first-order valence-electron chi connectivity index (χ1n) is 6.16. The van der Waals surface area contributed by atoms with Crippen molar-refractivity contribution in [2.24, 2.45) is 0 Å². The van der Waals surface area contributed by atoms with Crippen molar-refractivity contribution >= 4 is 32.5 Å². The maximum absolute atomic E-state index is 12.5. The second kappa shape index (κ2) is 5.09. The summed E-state index contributed by atoms with van der Waals surface area (Å²) < 4.78 is 2.32. The maximum Gasteiger partial charge on any atom is 0.280 e. The summed E-state index contributed by atoms with van der Waals surface area (Å²) in [4.78, 5) is 17.0. The largest absolute Gasteiger partial charge is 0.290 e. The molecule has 0 saturated carbocycles. The molecular weight excluding hydrogens is 318 g/mol. The summed E-state index contributed by atoms with van der Waals surface area (Å²) in [7, 11) is 0. The van der Waals surface area contributed by atoms with E-state index in [4.69, 9.17) is 0 Å². The molecule has 0 atom stereocenters. The molecule has 0 saturated heterocycles. The van der Waals surface area contributed by atoms with Crippen LogP contribution in [0.15, 0.2) is 57.8 Å². The van der Waals surface area contributed by atoms with Crippen molar-refractivity contribution in [2.75, 3.05) is 5.43 Å². The Kier molecular flexibility index (Phi) is 3.28. The molecule has 4 nitrogen and oxygen atoms in total. The Hall–Kier alpha value is -2.14. The van der Waals surface area contributed by atoms with Gasteiger partial charge in [0.05, 0.1) is 16.6 Å². The van der Waals surface area contributed by atoms with Gasteiger partial charge in [-0.2, -0.15) is 0 Å². The van der Waals surface area contributed by atoms with Crippen LogP contribution in [0.5, 0.6) is 0 Å². The van der Waals surface area contributed by atoms with E-state index in [0.29, 0.717) is 16.7 Å². The van der Waals surface area contributed by atoms with Crippen LogP contribution < -0.4 is 11.0 Å². The number of aromatic nitrogens is 2. The second-order valence-electron chi connectivity index (χ2n) is 4.44. The number of hydrogen-bond acceptors (Lipinski definition) is 3. The molecule has 100 valence electrons. The summed E-state index contributed by atoms with van der Waals surface area (Å²) in [5, 5.41) is 0.577. The lowest BCUT2D eigenvalue weighted by atomic mass is 10.2. The normalized spacial score (nSPS) is 10.7. The highest BCUT2D eigenvalue weighted by molar-refractivity contribution is 9.10. The van der Waals surface area contributed by atoms with Crippen molar-refractivity contribution in [3.8, 4) is 0 Å². The van der Waals surface area contributed by atoms with Gasteiger partial charge in [0.15, 0.2) is 0 Å². The van der Waals surface area contributed by atoms with Gasteiger partial charge in [-0.1, -0.05) is 34.1 Å². The summed E-state index contributed by atoms with van der Waals surface area (Å²) >= 11 is 3.38. The lowest BCUT2D eigenvalue weighted by Gasteiger charge is -2.13. The summed E-state index contributed by atoms with van der Waals surface area (Å²) in [6.07, 6.45) is 0. The molecule has 0 aliphatic carbocycles. The van der Waals surface area contributed by atoms with Gasteiger partial charge in [-0.15, -0.1) is 0 Å². The third-order valence-electron chi connectivity index (χ3n) is 3.01. The maximum atomic E-state index is 12.5. The quantitative estimate of drug-likeness (QED) is 0.784. The molecule has 3 rings (SSSR count). The molecule has 0 bridgehead atoms. The molecule has 0 radical (unpaired) electrons. The second-order valence-corrected chi connectivity index (χ2v) is 5.35. The molecule has 5 heteroatoms. The molecule has 0 amide bonds. The van der Waals surface area contributed by atoms with E-state index in [1.165, 1.54) is 4.68 Å². The number of hydrogen-bond donors (Lipinski definition) is 1. The predicted octanol–water partition coefficient (Wildman–Crippen LogP) is 3.34. The molecule has 2 aromatic carbocycles. The summed E-state index contributed by atoms with van der Waals surface area (Å²) in [5.74, 6) is 0.619. The third-order valence-corrected chi connectivity index (χ3v) is 3.51. The van der Waals surface area contributed by atoms with E-state index in [0.717, 1.165) is 10.2 Å². The molecular formula is C15H12BrN3O. The minimum Gasteiger partial charge on any atom is -0.290 e. The van der Waals surface area contributed by atoms with Crippen LogP contribution in [0.2, 0.25) is 0 Å². The van der Waals surface area contributed by atoms with Gasteiger partial charge in [0.2, 0.25) is 0 Å². The molecule has 1 N–H and O–H groups in total. The average molecular weight is 330 g/mol. The summed E-state index contributed by atoms with van der Waals surface area (Å²) in [5.41, 5.74) is 4.50. The number of anilines is 1. The topological polar surface area (TPSA) is 46.9 Å². The van der Waals surface area contributed by atoms with Crippen molar-refractivity contribution in [1.82, 2.24) is 9.66 Å². The Bertz CT molecular complexity index is 828. The number of nitrogens with one attached hydrogen (secondary N) is 1. The van der Waals surface area contributed by atoms with Gasteiger partial charge in [-0.05, 0) is 37.3 Å². The first-order valence-corrected chi connectivity index (χ1v) is 6.95. The van der Waals surface area contributed by atoms with E-state index in [1.54, 1.807) is 13.0 Å². The lowest BCUT2D eigenvalue weighted by molar-refractivity contribution is 0.825. The fourth-order valence-corrected chi connectivity index (χ4v) is 2.40. The Morgan fingerprint density at radius 1 is 1.15 bits per heavy atom. The highest BCUT2D eigenvalue weighted by Gasteiger charge is 2.08. The molecule has 20 heavy (non-hydrogen) atoms. The van der Waals surface area contributed by atoms with Gasteiger partial charge < -0.3 is 0 Å². The third kappa shape index (κ3) is 2.32. The molecule has 3 aromatic rings. The Labute approximate surface area is 124 Å². The number of fused-ring (bicyclic) bond motifs is 1. The molecule has 0 aliphatic heterocycles. The Morgan fingerprint density at radius 3 is 2.65 bits per heavy atom. The van der Waals surface area contributed by atoms with Gasteiger partial charge in [0.25, 0.3) is 5.56 Å². The van der Waals surface area contributed by atoms with Crippen LogP contribution in [0.3, 0.4) is 0 Å². The van der Waals surface area contributed by atoms with Crippen LogP contribution in [0.4, 0.5) is 5.69 Å². The van der Waals surface area contributed by atoms with E-state index in [1.807, 2.05) is 42.5 Å². The fourth-order valence-electron chi connectivity index (χ4n) is 2.04. The molecule has 0 aliphatic rings. The zero-order valence-electron chi connectivity index (χ0n) is 10.8. The van der Waals surface area contributed by atoms with Crippen molar-refractivity contribution in [1.29, 1.82) is 0 Å². The number of nitrogens with zero attached hydrogens (tertiary/aromatic N) is 2. The Balaban J connectivity index is 2.18. The van der Waals surface area contributed by atoms with Crippen molar-refractivity contribution < 1.29 is 0 Å². The summed E-state index contributed by atoms with van der Waals surface area (Å²) in [6, 6.07) is 15.0. The first kappa shape index (κ1) is 12.9. The van der Waals surface area contributed by atoms with Crippen molar-refractivity contribution in [3.63, 3.8) is 0 Å². The zero-order valence-corrected chi connectivity index (χ0v) is 12.4. The van der Waals surface area contributed by atoms with E-state index in [-0.39, 0.29) is 5.56 Å². The van der Waals surface area contributed by atoms with Gasteiger partial charge in [0.1, 0.15) is 5.82 Å². The summed E-state index contributed by atoms with van der Waals surface area (Å²) in [6.45, 7) is 1.80. The zero-order chi connectivity index (χ0) is 14.1. The van der Waals surface area contributed by atoms with E-state index in [2.05, 4.69) is 26.3 Å². The smallest absolute Gasteiger partial charge is 0.280 e. The molecule has 1 aromatic heterocycles. The van der Waals surface area contributed by atoms with Crippen molar-refractivity contribution in [3.05, 3.63) is 69.2 Å². The molecule has 0 unspecified atom stereocenters. The van der Waals surface area contributed by atoms with E-state index < -0.39 is 0 Å². The molecule has 0 spiro atoms. The van der Waals surface area contributed by atoms with Crippen LogP contribution in [-0.2, 0) is 0 Å². The molecule has 0 fully saturated rings. The average Bonchev–Trinajstić information content (AvgIpc) is 2.46. The van der Waals surface area contributed by atoms with Gasteiger partial charge in [-0.25, -0.2) is 9.66 Å². The highest BCUT2D eigenvalue weighted by atomic mass is 79.9. The predicted molar refractivity (Wildman–Crippen MR) is 83.9 cm³/mol. The van der Waals surface area contributed by atoms with Crippen LogP contribution in [-0.4, -0.2) is 9.66 Å². The first-order chi connectivity index (χ1) is 9.65. The van der Waals surface area contributed by atoms with Crippen LogP contribution >= 0.6 is 15.9 Å². The fraction of sp³-hybridized carbons (Fsp3) is 0.0667. The van der Waals surface area contributed by atoms with Crippen LogP contribution in [0, 0.1) is 6.92 Å². The van der Waals surface area contributed by atoms with Crippen molar-refractivity contribution in [2.45, 2.75) is 6.92 Å². The lowest BCUT2D eigenvalue weighted by Crippen LogP contribution is -2.29. The number of benzene rings is 2. The highest BCUT2D eigenvalue weighted by Crippen LogP contribution is 2.16. The van der Waals surface area contributed by atoms with Gasteiger partial charge >= 0.3 is 0 Å². The van der Waals surface area contributed by atoms with Gasteiger partial charge in [0, 0.05) is 4.47 Å². The number of halogens is 1. The van der Waals surface area contributed by atoms with E-state index in [9.17, 15) is 4.79 Å². The van der Waals surface area contributed by atoms with E-state index >= 15 is 0 Å². The standard InChI is InChI=1S/C15H12BrN3O/c1-10-17-14-8-7-11(16)9-13(14)15(20)19(10)18-12-5-3-2-4-6-12/h2-9,18H,1H3. The van der Waals surface area contributed by atoms with Crippen LogP contribution in [0.1, 0.15) is 5.82 Å². The van der Waals surface area contributed by atoms with Gasteiger partial charge in [-0.3, -0.25) is 10.2 Å². The number of para-hydroxylation sites is 1. The monoisotopic (exact) mass is 329 g/mol. The van der Waals surface area contributed by atoms with Crippen LogP contribution in [0.25, 0.3) is 10.9 Å². The minimum atomic E-state index is -0.113. The number of rotatable bonds is 2. The SMILES string of the molecule is Cc1nc2ccc(Br)cc2c(=O)n1Nc1ccccc1. The number of aryl methyl sites for hydroxylation is 1. The Morgan fingerprint density at radius 2 is 1.90 bits per heavy atom. The minimum absolute atomic E-state index is 0.113.